The first-order chi connectivity index (χ1) is 16.8. The fraction of sp³-hybridized carbons (Fsp3) is 0.0870. The van der Waals surface area contributed by atoms with Gasteiger partial charge in [-0.1, -0.05) is 24.3 Å². The van der Waals surface area contributed by atoms with Gasteiger partial charge in [-0.25, -0.2) is 13.2 Å². The number of benzene rings is 3. The van der Waals surface area contributed by atoms with Gasteiger partial charge in [0.05, 0.1) is 21.1 Å². The van der Waals surface area contributed by atoms with Gasteiger partial charge >= 0.3 is 5.97 Å². The smallest absolute Gasteiger partial charge is 0.338 e. The molecule has 3 aromatic carbocycles. The molecule has 1 aromatic heterocycles. The fourth-order valence-electron chi connectivity index (χ4n) is 3.08. The molecule has 0 aliphatic rings. The zero-order valence-electron chi connectivity index (χ0n) is 18.3. The maximum Gasteiger partial charge on any atom is 0.338 e. The molecular weight excluding hydrogens is 476 g/mol. The molecule has 0 atom stereocenters. The van der Waals surface area contributed by atoms with E-state index in [4.69, 9.17) is 9.15 Å². The van der Waals surface area contributed by atoms with Crippen LogP contribution in [0.1, 0.15) is 16.2 Å². The number of anilines is 1. The van der Waals surface area contributed by atoms with Crippen molar-refractivity contribution in [2.75, 3.05) is 11.4 Å². The summed E-state index contributed by atoms with van der Waals surface area (Å²) in [5, 5.41) is 18.4. The highest BCUT2D eigenvalue weighted by atomic mass is 32.2. The van der Waals surface area contributed by atoms with Crippen LogP contribution in [-0.2, 0) is 21.4 Å². The number of aromatic nitrogens is 2. The Balaban J connectivity index is 1.44. The monoisotopic (exact) mass is 494 g/mol. The van der Waals surface area contributed by atoms with Crippen molar-refractivity contribution < 1.29 is 27.3 Å². The molecule has 0 amide bonds. The van der Waals surface area contributed by atoms with Gasteiger partial charge < -0.3 is 9.15 Å². The highest BCUT2D eigenvalue weighted by Gasteiger charge is 2.23. The number of hydrogen-bond acceptors (Lipinski definition) is 9. The highest BCUT2D eigenvalue weighted by Crippen LogP contribution is 2.24. The molecule has 0 bridgehead atoms. The van der Waals surface area contributed by atoms with Gasteiger partial charge in [-0.2, -0.15) is 0 Å². The Bertz CT molecular complexity index is 1470. The van der Waals surface area contributed by atoms with Crippen molar-refractivity contribution in [2.45, 2.75) is 11.5 Å². The van der Waals surface area contributed by atoms with Crippen LogP contribution in [0.4, 0.5) is 11.4 Å². The van der Waals surface area contributed by atoms with Crippen molar-refractivity contribution in [2.24, 2.45) is 0 Å². The molecule has 178 valence electrons. The number of nitrogens with zero attached hydrogens (tertiary/aromatic N) is 4. The summed E-state index contributed by atoms with van der Waals surface area (Å²) in [6.07, 6.45) is 0. The molecule has 4 rings (SSSR count). The van der Waals surface area contributed by atoms with Crippen LogP contribution in [0.2, 0.25) is 0 Å². The summed E-state index contributed by atoms with van der Waals surface area (Å²) in [5.74, 6) is -0.679. The van der Waals surface area contributed by atoms with E-state index in [0.717, 1.165) is 4.31 Å². The number of nitro groups is 1. The van der Waals surface area contributed by atoms with Gasteiger partial charge in [0, 0.05) is 24.7 Å². The summed E-state index contributed by atoms with van der Waals surface area (Å²) >= 11 is 0. The van der Waals surface area contributed by atoms with E-state index in [0.29, 0.717) is 11.3 Å². The first-order valence-corrected chi connectivity index (χ1v) is 11.6. The van der Waals surface area contributed by atoms with E-state index in [1.807, 2.05) is 0 Å². The molecule has 12 heteroatoms. The van der Waals surface area contributed by atoms with Gasteiger partial charge in [0.15, 0.2) is 6.61 Å². The van der Waals surface area contributed by atoms with Gasteiger partial charge in [-0.05, 0) is 42.5 Å². The SMILES string of the molecule is CN(c1ccccc1)S(=O)(=O)c1cccc(C(=O)OCc2nnc(-c3ccc([N+](=O)[O-])cc3)o2)c1. The lowest BCUT2D eigenvalue weighted by Crippen LogP contribution is -2.26. The minimum Gasteiger partial charge on any atom is -0.452 e. The number of carbonyl (C=O) groups excluding carboxylic acids is 1. The first-order valence-electron chi connectivity index (χ1n) is 10.1. The maximum atomic E-state index is 13.0. The topological polar surface area (TPSA) is 146 Å². The largest absolute Gasteiger partial charge is 0.452 e. The molecule has 0 radical (unpaired) electrons. The van der Waals surface area contributed by atoms with Crippen molar-refractivity contribution >= 4 is 27.4 Å². The zero-order valence-corrected chi connectivity index (χ0v) is 19.1. The molecule has 0 saturated heterocycles. The molecule has 0 unspecified atom stereocenters. The van der Waals surface area contributed by atoms with Crippen LogP contribution in [0.25, 0.3) is 11.5 Å². The summed E-state index contributed by atoms with van der Waals surface area (Å²) in [4.78, 5) is 22.7. The number of rotatable bonds is 8. The second-order valence-electron chi connectivity index (χ2n) is 7.22. The second kappa shape index (κ2) is 9.73. The first kappa shape index (κ1) is 23.6. The Hall–Kier alpha value is -4.58. The lowest BCUT2D eigenvalue weighted by Gasteiger charge is -2.19. The van der Waals surface area contributed by atoms with E-state index in [1.165, 1.54) is 55.6 Å². The van der Waals surface area contributed by atoms with E-state index in [-0.39, 0.29) is 34.5 Å². The standard InChI is InChI=1S/C23H18N4O7S/c1-26(18-7-3-2-4-8-18)35(31,32)20-9-5-6-17(14-20)23(28)33-15-21-24-25-22(34-21)16-10-12-19(13-11-16)27(29)30/h2-14H,15H2,1H3. The summed E-state index contributed by atoms with van der Waals surface area (Å²) in [6.45, 7) is -0.348. The van der Waals surface area contributed by atoms with Crippen molar-refractivity contribution in [3.8, 4) is 11.5 Å². The van der Waals surface area contributed by atoms with Crippen LogP contribution in [0.5, 0.6) is 0 Å². The Labute approximate surface area is 199 Å². The number of non-ortho nitro benzene ring substituents is 1. The molecule has 11 nitrogen and oxygen atoms in total. The van der Waals surface area contributed by atoms with Gasteiger partial charge in [0.25, 0.3) is 21.6 Å². The third-order valence-corrected chi connectivity index (χ3v) is 6.75. The molecule has 0 spiro atoms. The van der Waals surface area contributed by atoms with Crippen LogP contribution in [0, 0.1) is 10.1 Å². The maximum absolute atomic E-state index is 13.0. The fourth-order valence-corrected chi connectivity index (χ4v) is 4.33. The highest BCUT2D eigenvalue weighted by molar-refractivity contribution is 7.92. The third-order valence-electron chi connectivity index (χ3n) is 4.97. The van der Waals surface area contributed by atoms with Crippen molar-refractivity contribution in [3.05, 3.63) is 100 Å². The second-order valence-corrected chi connectivity index (χ2v) is 9.19. The van der Waals surface area contributed by atoms with Crippen LogP contribution in [0.3, 0.4) is 0 Å². The number of nitro benzene ring substituents is 1. The Morgan fingerprint density at radius 1 is 1.03 bits per heavy atom. The summed E-state index contributed by atoms with van der Waals surface area (Å²) in [7, 11) is -2.48. The Morgan fingerprint density at radius 3 is 2.43 bits per heavy atom. The molecule has 0 aliphatic carbocycles. The molecule has 0 fully saturated rings. The van der Waals surface area contributed by atoms with Gasteiger partial charge in [0.1, 0.15) is 0 Å². The Morgan fingerprint density at radius 2 is 1.74 bits per heavy atom. The van der Waals surface area contributed by atoms with Crippen molar-refractivity contribution in [1.29, 1.82) is 0 Å². The predicted molar refractivity (Wildman–Crippen MR) is 124 cm³/mol. The van der Waals surface area contributed by atoms with Crippen molar-refractivity contribution in [1.82, 2.24) is 10.2 Å². The molecule has 1 heterocycles. The quantitative estimate of drug-likeness (QED) is 0.203. The minimum absolute atomic E-state index is 0.000658. The lowest BCUT2D eigenvalue weighted by atomic mass is 10.2. The summed E-state index contributed by atoms with van der Waals surface area (Å²) < 4.78 is 37.7. The van der Waals surface area contributed by atoms with E-state index in [1.54, 1.807) is 30.3 Å². The summed E-state index contributed by atoms with van der Waals surface area (Å²) in [6, 6.07) is 19.5. The van der Waals surface area contributed by atoms with Gasteiger partial charge in [0.2, 0.25) is 5.89 Å². The lowest BCUT2D eigenvalue weighted by molar-refractivity contribution is -0.384. The van der Waals surface area contributed by atoms with E-state index in [2.05, 4.69) is 10.2 Å². The van der Waals surface area contributed by atoms with E-state index < -0.39 is 20.9 Å². The number of sulfonamides is 1. The van der Waals surface area contributed by atoms with Crippen LogP contribution >= 0.6 is 0 Å². The molecule has 0 saturated carbocycles. The minimum atomic E-state index is -3.91. The average molecular weight is 494 g/mol. The number of esters is 1. The van der Waals surface area contributed by atoms with Crippen LogP contribution in [-0.4, -0.2) is 36.6 Å². The third kappa shape index (κ3) is 5.17. The Kier molecular flexibility index (Phi) is 6.55. The molecule has 0 aliphatic heterocycles. The number of ether oxygens (including phenoxy) is 1. The number of hydrogen-bond donors (Lipinski definition) is 0. The number of para-hydroxylation sites is 1. The van der Waals surface area contributed by atoms with E-state index in [9.17, 15) is 23.3 Å². The normalized spacial score (nSPS) is 11.1. The zero-order chi connectivity index (χ0) is 25.0. The molecule has 4 aromatic rings. The summed E-state index contributed by atoms with van der Waals surface area (Å²) in [5.41, 5.74) is 0.881. The van der Waals surface area contributed by atoms with Crippen LogP contribution < -0.4 is 4.31 Å². The van der Waals surface area contributed by atoms with E-state index >= 15 is 0 Å². The van der Waals surface area contributed by atoms with Crippen molar-refractivity contribution in [3.63, 3.8) is 0 Å². The average Bonchev–Trinajstić information content (AvgIpc) is 3.36. The van der Waals surface area contributed by atoms with Gasteiger partial charge in [-0.15, -0.1) is 10.2 Å². The molecule has 35 heavy (non-hydrogen) atoms. The number of carbonyl (C=O) groups is 1. The van der Waals surface area contributed by atoms with Crippen LogP contribution in [0.15, 0.2) is 88.2 Å². The predicted octanol–water partition coefficient (Wildman–Crippen LogP) is 3.83. The molecular formula is C23H18N4O7S. The molecule has 0 N–H and O–H groups in total. The van der Waals surface area contributed by atoms with Gasteiger partial charge in [-0.3, -0.25) is 14.4 Å².